The van der Waals surface area contributed by atoms with E-state index in [1.54, 1.807) is 0 Å². The minimum absolute atomic E-state index is 0.352. The van der Waals surface area contributed by atoms with Crippen LogP contribution in [0.15, 0.2) is 24.3 Å². The van der Waals surface area contributed by atoms with Gasteiger partial charge >= 0.3 is 6.18 Å². The number of rotatable bonds is 8. The smallest absolute Gasteiger partial charge is 0.310 e. The third kappa shape index (κ3) is 6.48. The fourth-order valence-corrected chi connectivity index (χ4v) is 2.43. The molecule has 0 aromatic heterocycles. The summed E-state index contributed by atoms with van der Waals surface area (Å²) >= 11 is 0. The lowest BCUT2D eigenvalue weighted by molar-refractivity contribution is -0.147. The monoisotopic (exact) mass is 300 g/mol. The van der Waals surface area contributed by atoms with Gasteiger partial charge in [-0.1, -0.05) is 31.2 Å². The Hall–Kier alpha value is -1.07. The van der Waals surface area contributed by atoms with Crippen molar-refractivity contribution in [2.75, 3.05) is 13.1 Å². The van der Waals surface area contributed by atoms with Gasteiger partial charge in [0.25, 0.3) is 0 Å². The summed E-state index contributed by atoms with van der Waals surface area (Å²) in [5.41, 5.74) is 2.09. The molecule has 0 radical (unpaired) electrons. The molecular formula is C16H23F3N2. The minimum atomic E-state index is -4.14. The van der Waals surface area contributed by atoms with Crippen molar-refractivity contribution in [3.05, 3.63) is 35.4 Å². The molecule has 1 aliphatic carbocycles. The number of nitrogens with zero attached hydrogens (tertiary/aromatic N) is 1. The van der Waals surface area contributed by atoms with Gasteiger partial charge in [0.05, 0.1) is 6.54 Å². The van der Waals surface area contributed by atoms with E-state index in [0.29, 0.717) is 19.1 Å². The predicted octanol–water partition coefficient (Wildman–Crippen LogP) is 3.71. The van der Waals surface area contributed by atoms with Gasteiger partial charge in [-0.15, -0.1) is 0 Å². The van der Waals surface area contributed by atoms with Gasteiger partial charge in [0.1, 0.15) is 0 Å². The molecule has 2 rings (SSSR count). The highest BCUT2D eigenvalue weighted by atomic mass is 19.4. The molecule has 21 heavy (non-hydrogen) atoms. The maximum Gasteiger partial charge on any atom is 0.401 e. The Labute approximate surface area is 124 Å². The first-order valence-electron chi connectivity index (χ1n) is 7.56. The average molecular weight is 300 g/mol. The first-order chi connectivity index (χ1) is 9.96. The van der Waals surface area contributed by atoms with Gasteiger partial charge in [-0.05, 0) is 36.9 Å². The molecule has 0 heterocycles. The third-order valence-corrected chi connectivity index (χ3v) is 3.51. The van der Waals surface area contributed by atoms with Crippen LogP contribution in [0.3, 0.4) is 0 Å². The number of benzene rings is 1. The van der Waals surface area contributed by atoms with Crippen LogP contribution in [0.4, 0.5) is 13.2 Å². The summed E-state index contributed by atoms with van der Waals surface area (Å²) in [7, 11) is 0. The van der Waals surface area contributed by atoms with E-state index in [-0.39, 0.29) is 0 Å². The molecule has 1 aromatic carbocycles. The van der Waals surface area contributed by atoms with Crippen molar-refractivity contribution in [1.82, 2.24) is 10.2 Å². The van der Waals surface area contributed by atoms with Crippen LogP contribution in [0, 0.1) is 0 Å². The van der Waals surface area contributed by atoms with Gasteiger partial charge in [-0.2, -0.15) is 13.2 Å². The van der Waals surface area contributed by atoms with Crippen LogP contribution in [-0.2, 0) is 13.1 Å². The molecular weight excluding hydrogens is 277 g/mol. The molecule has 0 saturated heterocycles. The summed E-state index contributed by atoms with van der Waals surface area (Å²) in [6.07, 6.45) is -0.954. The molecule has 0 amide bonds. The molecule has 0 aliphatic heterocycles. The maximum absolute atomic E-state index is 12.6. The molecule has 1 aromatic rings. The van der Waals surface area contributed by atoms with Crippen molar-refractivity contribution in [3.8, 4) is 0 Å². The molecule has 1 N–H and O–H groups in total. The lowest BCUT2D eigenvalue weighted by Gasteiger charge is -2.23. The van der Waals surface area contributed by atoms with E-state index in [2.05, 4.69) is 5.32 Å². The highest BCUT2D eigenvalue weighted by molar-refractivity contribution is 5.23. The SMILES string of the molecule is CCCN(Cc1cccc(CNC2CC2)c1)CC(F)(F)F. The second-order valence-corrected chi connectivity index (χ2v) is 5.80. The van der Waals surface area contributed by atoms with Gasteiger partial charge in [0, 0.05) is 19.1 Å². The fourth-order valence-electron chi connectivity index (χ4n) is 2.43. The Morgan fingerprint density at radius 2 is 1.95 bits per heavy atom. The van der Waals surface area contributed by atoms with Gasteiger partial charge in [-0.25, -0.2) is 0 Å². The summed E-state index contributed by atoms with van der Waals surface area (Å²) in [5.74, 6) is 0. The van der Waals surface area contributed by atoms with Crippen LogP contribution in [-0.4, -0.2) is 30.2 Å². The van der Waals surface area contributed by atoms with Crippen LogP contribution in [0.2, 0.25) is 0 Å². The first-order valence-corrected chi connectivity index (χ1v) is 7.56. The van der Waals surface area contributed by atoms with E-state index in [0.717, 1.165) is 24.1 Å². The quantitative estimate of drug-likeness (QED) is 0.787. The van der Waals surface area contributed by atoms with Crippen molar-refractivity contribution in [1.29, 1.82) is 0 Å². The normalized spacial score (nSPS) is 15.7. The van der Waals surface area contributed by atoms with Gasteiger partial charge < -0.3 is 5.32 Å². The summed E-state index contributed by atoms with van der Waals surface area (Å²) in [4.78, 5) is 1.47. The van der Waals surface area contributed by atoms with Crippen molar-refractivity contribution < 1.29 is 13.2 Å². The zero-order valence-electron chi connectivity index (χ0n) is 12.4. The summed E-state index contributed by atoms with van der Waals surface area (Å²) in [6.45, 7) is 2.67. The minimum Gasteiger partial charge on any atom is -0.310 e. The first kappa shape index (κ1) is 16.3. The van der Waals surface area contributed by atoms with Crippen molar-refractivity contribution in [3.63, 3.8) is 0 Å². The molecule has 0 atom stereocenters. The van der Waals surface area contributed by atoms with Crippen LogP contribution in [0.25, 0.3) is 0 Å². The molecule has 118 valence electrons. The lowest BCUT2D eigenvalue weighted by atomic mass is 10.1. The van der Waals surface area contributed by atoms with Crippen molar-refractivity contribution >= 4 is 0 Å². The lowest BCUT2D eigenvalue weighted by Crippen LogP contribution is -2.34. The van der Waals surface area contributed by atoms with Crippen LogP contribution in [0.5, 0.6) is 0 Å². The Morgan fingerprint density at radius 3 is 2.57 bits per heavy atom. The molecule has 1 saturated carbocycles. The predicted molar refractivity (Wildman–Crippen MR) is 77.9 cm³/mol. The summed E-state index contributed by atoms with van der Waals surface area (Å²) < 4.78 is 37.7. The third-order valence-electron chi connectivity index (χ3n) is 3.51. The fraction of sp³-hybridized carbons (Fsp3) is 0.625. The molecule has 1 fully saturated rings. The number of hydrogen-bond donors (Lipinski definition) is 1. The van der Waals surface area contributed by atoms with E-state index in [1.165, 1.54) is 17.7 Å². The Kier molecular flexibility index (Phi) is 5.65. The van der Waals surface area contributed by atoms with E-state index >= 15 is 0 Å². The number of alkyl halides is 3. The van der Waals surface area contributed by atoms with E-state index in [1.807, 2.05) is 31.2 Å². The van der Waals surface area contributed by atoms with E-state index in [4.69, 9.17) is 0 Å². The van der Waals surface area contributed by atoms with Gasteiger partial charge in [0.2, 0.25) is 0 Å². The number of nitrogens with one attached hydrogen (secondary N) is 1. The number of hydrogen-bond acceptors (Lipinski definition) is 2. The average Bonchev–Trinajstić information content (AvgIpc) is 3.19. The number of halogens is 3. The Balaban J connectivity index is 1.93. The molecule has 0 spiro atoms. The Bertz CT molecular complexity index is 441. The van der Waals surface area contributed by atoms with E-state index in [9.17, 15) is 13.2 Å². The van der Waals surface area contributed by atoms with Gasteiger partial charge in [0.15, 0.2) is 0 Å². The highest BCUT2D eigenvalue weighted by Gasteiger charge is 2.30. The molecule has 1 aliphatic rings. The van der Waals surface area contributed by atoms with Crippen LogP contribution >= 0.6 is 0 Å². The second kappa shape index (κ2) is 7.27. The van der Waals surface area contributed by atoms with E-state index < -0.39 is 12.7 Å². The van der Waals surface area contributed by atoms with Crippen LogP contribution < -0.4 is 5.32 Å². The Morgan fingerprint density at radius 1 is 1.24 bits per heavy atom. The second-order valence-electron chi connectivity index (χ2n) is 5.80. The zero-order chi connectivity index (χ0) is 15.3. The standard InChI is InChI=1S/C16H23F3N2/c1-2-8-21(12-16(17,18)19)11-14-5-3-4-13(9-14)10-20-15-6-7-15/h3-5,9,15,20H,2,6-8,10-12H2,1H3. The van der Waals surface area contributed by atoms with Gasteiger partial charge in [-0.3, -0.25) is 4.90 Å². The highest BCUT2D eigenvalue weighted by Crippen LogP contribution is 2.20. The molecule has 0 bridgehead atoms. The topological polar surface area (TPSA) is 15.3 Å². The largest absolute Gasteiger partial charge is 0.401 e. The molecule has 0 unspecified atom stereocenters. The molecule has 5 heteroatoms. The van der Waals surface area contributed by atoms with Crippen molar-refractivity contribution in [2.24, 2.45) is 0 Å². The van der Waals surface area contributed by atoms with Crippen molar-refractivity contribution in [2.45, 2.75) is 51.5 Å². The summed E-state index contributed by atoms with van der Waals surface area (Å²) in [6, 6.07) is 8.49. The molecule has 2 nitrogen and oxygen atoms in total. The van der Waals surface area contributed by atoms with Crippen LogP contribution in [0.1, 0.15) is 37.3 Å². The zero-order valence-corrected chi connectivity index (χ0v) is 12.4. The summed E-state index contributed by atoms with van der Waals surface area (Å²) in [5, 5.41) is 3.42. The maximum atomic E-state index is 12.6.